The van der Waals surface area contributed by atoms with Crippen LogP contribution in [0.25, 0.3) is 0 Å². The van der Waals surface area contributed by atoms with Crippen molar-refractivity contribution in [2.45, 2.75) is 24.7 Å². The van der Waals surface area contributed by atoms with Crippen LogP contribution in [-0.4, -0.2) is 113 Å². The fraction of sp³-hybridized carbons (Fsp3) is 0.750. The van der Waals surface area contributed by atoms with Crippen molar-refractivity contribution < 1.29 is 129 Å². The Morgan fingerprint density at radius 3 is 0.585 bits per heavy atom. The van der Waals surface area contributed by atoms with Gasteiger partial charge in [0.05, 0.1) is 41.4 Å². The molecule has 0 fully saturated rings. The summed E-state index contributed by atoms with van der Waals surface area (Å²) in [7, 11) is 8.04. The van der Waals surface area contributed by atoms with E-state index in [9.17, 15) is 52.7 Å². The molecular weight excluding hydrogens is 663 g/mol. The number of aliphatic hydroxyl groups is 2. The number of carboxylic acid groups (broad SMARTS) is 4. The van der Waals surface area contributed by atoms with Crippen molar-refractivity contribution in [3.05, 3.63) is 0 Å². The van der Waals surface area contributed by atoms with Crippen LogP contribution >= 0.6 is 0 Å². The minimum Gasteiger partial charge on any atom is -0.542 e. The van der Waals surface area contributed by atoms with Gasteiger partial charge in [0.25, 0.3) is 0 Å². The van der Waals surface area contributed by atoms with Gasteiger partial charge in [-0.1, -0.05) is 0 Å². The number of hydrogen-bond acceptors (Lipinski definition) is 10. The quantitative estimate of drug-likeness (QED) is 0.162. The Morgan fingerprint density at radius 1 is 0.488 bits per heavy atom. The summed E-state index contributed by atoms with van der Waals surface area (Å²) in [5, 5.41) is 51.6. The van der Waals surface area contributed by atoms with Gasteiger partial charge in [0.2, 0.25) is 0 Å². The van der Waals surface area contributed by atoms with Crippen LogP contribution in [0.3, 0.4) is 0 Å². The number of hydrogen-bond donors (Lipinski definition) is 4. The van der Waals surface area contributed by atoms with Gasteiger partial charge in [-0.05, 0) is 0 Å². The smallest absolute Gasteiger partial charge is 0.542 e. The molecule has 0 saturated heterocycles. The molecule has 0 aliphatic heterocycles. The van der Waals surface area contributed by atoms with E-state index in [4.69, 9.17) is 49.8 Å². The Bertz CT molecular complexity index is 593. The SMILES string of the molecule is C[NH+](C)CCO.C[NH+](C)CCO.O=C([O-])C(F)(F)F.O=C([O-])C(F)(F)F.O=C([O-])C(F)(F)F.O=C([O-])C(F)(F)F.[Mn+2]. The summed E-state index contributed by atoms with van der Waals surface area (Å²) in [6.07, 6.45) is -20.8. The first-order chi connectivity index (χ1) is 17.3. The number of alkyl halides is 12. The Morgan fingerprint density at radius 2 is 0.585 bits per heavy atom. The Kier molecular flexibility index (Phi) is 35.0. The number of carbonyl (C=O) groups excluding carboxylic acids is 4. The summed E-state index contributed by atoms with van der Waals surface area (Å²) in [6.45, 7) is 2.28. The molecule has 12 nitrogen and oxygen atoms in total. The maximum atomic E-state index is 10.5. The number of aliphatic hydroxyl groups excluding tert-OH is 2. The van der Waals surface area contributed by atoms with E-state index in [0.717, 1.165) is 13.1 Å². The van der Waals surface area contributed by atoms with E-state index in [2.05, 4.69) is 0 Å². The van der Waals surface area contributed by atoms with Crippen LogP contribution < -0.4 is 30.2 Å². The second-order valence-corrected chi connectivity index (χ2v) is 6.50. The van der Waals surface area contributed by atoms with Gasteiger partial charge in [0, 0.05) is 0 Å². The standard InChI is InChI=1S/2C4H11NO.4C2HF3O2.Mn/c2*1-5(2)3-4-6;4*3-2(4,5)1(6)7;/h2*6H,3-4H2,1-2H3;4*(H,6,7);/q;;;;;;+2/p-2. The zero-order chi connectivity index (χ0) is 34.3. The van der Waals surface area contributed by atoms with Crippen LogP contribution in [0.5, 0.6) is 0 Å². The molecule has 0 aliphatic rings. The molecule has 25 heteroatoms. The Hall–Kier alpha value is -2.60. The van der Waals surface area contributed by atoms with E-state index in [1.807, 2.05) is 28.2 Å². The van der Waals surface area contributed by atoms with Crippen molar-refractivity contribution in [2.24, 2.45) is 0 Å². The summed E-state index contributed by atoms with van der Waals surface area (Å²) in [4.78, 5) is 37.7. The van der Waals surface area contributed by atoms with Gasteiger partial charge >= 0.3 is 41.8 Å². The van der Waals surface area contributed by atoms with Gasteiger partial charge < -0.3 is 59.6 Å². The van der Waals surface area contributed by atoms with E-state index >= 15 is 0 Å². The summed E-state index contributed by atoms with van der Waals surface area (Å²) in [5.74, 6) is -12.0. The van der Waals surface area contributed by atoms with Gasteiger partial charge in [0.1, 0.15) is 37.0 Å². The molecule has 0 bridgehead atoms. The molecule has 0 spiro atoms. The second-order valence-electron chi connectivity index (χ2n) is 6.50. The average Bonchev–Trinajstić information content (AvgIpc) is 2.67. The first-order valence-corrected chi connectivity index (χ1v) is 9.24. The number of halogens is 12. The number of carboxylic acids is 4. The predicted molar refractivity (Wildman–Crippen MR) is 93.8 cm³/mol. The summed E-state index contributed by atoms with van der Waals surface area (Å²) in [6, 6.07) is 0. The van der Waals surface area contributed by atoms with Crippen LogP contribution in [0.4, 0.5) is 52.7 Å². The van der Waals surface area contributed by atoms with E-state index in [-0.39, 0.29) is 17.1 Å². The minimum atomic E-state index is -5.19. The molecular formula is C16H24F12MnN2O10. The second kappa shape index (κ2) is 26.3. The van der Waals surface area contributed by atoms with Gasteiger partial charge in [-0.25, -0.2) is 0 Å². The van der Waals surface area contributed by atoms with Crippen LogP contribution in [-0.2, 0) is 36.2 Å². The molecule has 0 rings (SSSR count). The van der Waals surface area contributed by atoms with Crippen molar-refractivity contribution in [2.75, 3.05) is 54.5 Å². The van der Waals surface area contributed by atoms with Crippen molar-refractivity contribution in [1.29, 1.82) is 0 Å². The number of nitrogens with one attached hydrogen (secondary N) is 2. The maximum Gasteiger partial charge on any atom is 2.00 e. The number of rotatable bonds is 4. The van der Waals surface area contributed by atoms with Crippen molar-refractivity contribution in [1.82, 2.24) is 0 Å². The Balaban J connectivity index is -0.0000000674. The van der Waals surface area contributed by atoms with Gasteiger partial charge in [-0.15, -0.1) is 0 Å². The van der Waals surface area contributed by atoms with Crippen molar-refractivity contribution in [3.8, 4) is 0 Å². The predicted octanol–water partition coefficient (Wildman–Crippen LogP) is -6.56. The molecule has 0 heterocycles. The fourth-order valence-corrected chi connectivity index (χ4v) is 0.447. The van der Waals surface area contributed by atoms with Gasteiger partial charge in [0.15, 0.2) is 0 Å². The maximum absolute atomic E-state index is 10.5. The third-order valence-electron chi connectivity index (χ3n) is 2.15. The Labute approximate surface area is 233 Å². The molecule has 41 heavy (non-hydrogen) atoms. The first kappa shape index (κ1) is 54.5. The molecule has 0 aromatic carbocycles. The molecule has 0 atom stereocenters. The molecule has 0 aliphatic carbocycles. The van der Waals surface area contributed by atoms with Crippen LogP contribution in [0.1, 0.15) is 0 Å². The minimum absolute atomic E-state index is 0. The zero-order valence-electron chi connectivity index (χ0n) is 20.9. The first-order valence-electron chi connectivity index (χ1n) is 9.24. The third kappa shape index (κ3) is 62.4. The summed E-state index contributed by atoms with van der Waals surface area (Å²) in [5.41, 5.74) is 0. The van der Waals surface area contributed by atoms with Crippen LogP contribution in [0, 0.1) is 0 Å². The molecule has 4 N–H and O–H groups in total. The third-order valence-corrected chi connectivity index (χ3v) is 2.15. The van der Waals surface area contributed by atoms with Gasteiger partial charge in [-0.3, -0.25) is 0 Å². The molecule has 0 aromatic heterocycles. The van der Waals surface area contributed by atoms with Crippen LogP contribution in [0.15, 0.2) is 0 Å². The van der Waals surface area contributed by atoms with Crippen LogP contribution in [0.2, 0.25) is 0 Å². The number of quaternary nitrogens is 2. The molecule has 0 saturated carbocycles. The summed E-state index contributed by atoms with van der Waals surface area (Å²) < 4.78 is 126. The molecule has 0 amide bonds. The van der Waals surface area contributed by atoms with E-state index in [0.29, 0.717) is 13.2 Å². The van der Waals surface area contributed by atoms with E-state index < -0.39 is 48.6 Å². The molecule has 0 aromatic rings. The topological polar surface area (TPSA) is 210 Å². The largest absolute Gasteiger partial charge is 2.00 e. The monoisotopic (exact) mass is 687 g/mol. The molecule has 0 unspecified atom stereocenters. The van der Waals surface area contributed by atoms with E-state index in [1.165, 1.54) is 9.80 Å². The van der Waals surface area contributed by atoms with Gasteiger partial charge in [-0.2, -0.15) is 52.7 Å². The fourth-order valence-electron chi connectivity index (χ4n) is 0.447. The normalized spacial score (nSPS) is 10.6. The van der Waals surface area contributed by atoms with Crippen molar-refractivity contribution >= 4 is 23.9 Å². The zero-order valence-corrected chi connectivity index (χ0v) is 22.1. The van der Waals surface area contributed by atoms with E-state index in [1.54, 1.807) is 0 Å². The number of aliphatic carboxylic acids is 4. The molecule has 249 valence electrons. The van der Waals surface area contributed by atoms with Crippen molar-refractivity contribution in [3.63, 3.8) is 0 Å². The molecule has 1 radical (unpaired) electrons. The number of carbonyl (C=O) groups is 4. The number of likely N-dealkylation sites (N-methyl/N-ethyl adjacent to an activating group) is 2. The summed E-state index contributed by atoms with van der Waals surface area (Å²) >= 11 is 0. The average molecular weight is 687 g/mol.